The van der Waals surface area contributed by atoms with Crippen LogP contribution in [0.25, 0.3) is 16.6 Å². The third-order valence-electron chi connectivity index (χ3n) is 10.5. The fourth-order valence-corrected chi connectivity index (χ4v) is 8.21. The number of nitrogens with one attached hydrogen (secondary N) is 3. The minimum Gasteiger partial charge on any atom is -0.449 e. The standard InChI is InChI=1S/C33H39B2ClF2N8O2.CH4O/c1-39-30-22-16-45(2)29(27(37)28(22)43-33(34,35)32(38)7-4-9-40-10-5-8-32)26-21-14-41-44-24(21)13-23(36)25(26)20-12-18(20)17-48-31(47)42-19-6-3-11-46(30)15-19;1-2/h13-14,18-20,40H,1,3-12,15-17H2,2H3,(H,41,44)(H,42,47);2H,1H3/b30-22+,43-28+;. The molecular weight excluding hydrogens is 664 g/mol. The maximum atomic E-state index is 17.7. The van der Waals surface area contributed by atoms with Gasteiger partial charge in [-0.25, -0.2) is 18.6 Å². The quantitative estimate of drug-likeness (QED) is 0.281. The van der Waals surface area contributed by atoms with Crippen molar-refractivity contribution in [3.8, 4) is 0 Å². The van der Waals surface area contributed by atoms with Crippen LogP contribution in [0.15, 0.2) is 39.5 Å². The van der Waals surface area contributed by atoms with Gasteiger partial charge in [0, 0.05) is 72.6 Å². The van der Waals surface area contributed by atoms with E-state index in [1.165, 1.54) is 0 Å². The number of likely N-dealkylation sites (N-methyl/N-ethyl adjacent to an activating group) is 1. The highest BCUT2D eigenvalue weighted by Crippen LogP contribution is 2.54. The molecule has 50 heavy (non-hydrogen) atoms. The highest BCUT2D eigenvalue weighted by Gasteiger charge is 2.47. The van der Waals surface area contributed by atoms with Crippen LogP contribution in [0.3, 0.4) is 0 Å². The summed E-state index contributed by atoms with van der Waals surface area (Å²) >= 11 is 6.96. The van der Waals surface area contributed by atoms with Gasteiger partial charge in [0.1, 0.15) is 17.2 Å². The number of piperidine rings is 1. The van der Waals surface area contributed by atoms with Crippen molar-refractivity contribution in [2.75, 3.05) is 53.5 Å². The molecule has 4 bridgehead atoms. The summed E-state index contributed by atoms with van der Waals surface area (Å²) in [5.41, 5.74) is 0.222. The van der Waals surface area contributed by atoms with Gasteiger partial charge in [0.15, 0.2) is 5.83 Å². The Morgan fingerprint density at radius 1 is 1.24 bits per heavy atom. The van der Waals surface area contributed by atoms with E-state index < -0.39 is 22.9 Å². The number of aliphatic hydroxyl groups is 1. The van der Waals surface area contributed by atoms with E-state index in [1.807, 2.05) is 4.90 Å². The maximum Gasteiger partial charge on any atom is 0.407 e. The zero-order chi connectivity index (χ0) is 35.8. The largest absolute Gasteiger partial charge is 0.449 e. The van der Waals surface area contributed by atoms with Gasteiger partial charge in [-0.3, -0.25) is 10.1 Å². The highest BCUT2D eigenvalue weighted by molar-refractivity contribution is 6.42. The fraction of sp³-hybridized carbons (Fsp3) is 0.588. The number of nitrogens with zero attached hydrogens (tertiary/aromatic N) is 5. The molecule has 4 radical (unpaired) electrons. The van der Waals surface area contributed by atoms with Crippen LogP contribution in [0.1, 0.15) is 62.0 Å². The third kappa shape index (κ3) is 6.80. The SMILES string of the molecule is CO.[B]C([B])(/N=C1C(F)=C2c3c(c(Cl)cc4[nH]ncc34)C3CC3COC(=O)NC3CCCN(C3)/C(N=C)=C/1CN2C)C1(F)CCCNCCC1. The Balaban J connectivity index is 0.00000212. The number of hydrogen-bond acceptors (Lipinski definition) is 9. The van der Waals surface area contributed by atoms with Gasteiger partial charge >= 0.3 is 6.09 Å². The van der Waals surface area contributed by atoms with Crippen LogP contribution in [0.2, 0.25) is 5.02 Å². The van der Waals surface area contributed by atoms with Crippen molar-refractivity contribution in [3.63, 3.8) is 0 Å². The molecule has 6 heterocycles. The van der Waals surface area contributed by atoms with Crippen LogP contribution in [0.4, 0.5) is 13.6 Å². The van der Waals surface area contributed by atoms with Gasteiger partial charge in [0.05, 0.1) is 39.7 Å². The molecule has 1 aromatic carbocycles. The van der Waals surface area contributed by atoms with Crippen LogP contribution in [-0.2, 0) is 4.74 Å². The number of fused-ring (bicyclic) bond motifs is 6. The molecule has 5 aliphatic heterocycles. The van der Waals surface area contributed by atoms with Crippen LogP contribution in [0, 0.1) is 5.92 Å². The van der Waals surface area contributed by atoms with Crippen molar-refractivity contribution in [2.24, 2.45) is 15.9 Å². The first-order valence-electron chi connectivity index (χ1n) is 17.2. The lowest BCUT2D eigenvalue weighted by molar-refractivity contribution is 0.104. The Hall–Kier alpha value is -3.42. The average molecular weight is 707 g/mol. The van der Waals surface area contributed by atoms with Crippen molar-refractivity contribution >= 4 is 62.4 Å². The van der Waals surface area contributed by atoms with E-state index in [1.54, 1.807) is 24.2 Å². The van der Waals surface area contributed by atoms with Crippen molar-refractivity contribution in [1.29, 1.82) is 0 Å². The summed E-state index contributed by atoms with van der Waals surface area (Å²) in [7, 11) is 16.1. The van der Waals surface area contributed by atoms with Crippen LogP contribution < -0.4 is 10.6 Å². The number of carbonyl (C=O) groups excluding carboxylic acids is 1. The molecule has 8 rings (SSSR count). The zero-order valence-electron chi connectivity index (χ0n) is 28.6. The molecule has 2 aromatic rings. The molecule has 1 aromatic heterocycles. The van der Waals surface area contributed by atoms with Gasteiger partial charge in [0.2, 0.25) is 0 Å². The molecule has 2 saturated heterocycles. The lowest BCUT2D eigenvalue weighted by atomic mass is 9.51. The Kier molecular flexibility index (Phi) is 10.7. The number of rotatable bonds is 3. The number of hydrogen-bond donors (Lipinski definition) is 4. The molecule has 4 N–H and O–H groups in total. The summed E-state index contributed by atoms with van der Waals surface area (Å²) in [6.07, 6.45) is 4.45. The number of alkyl halides is 1. The Morgan fingerprint density at radius 3 is 2.70 bits per heavy atom. The highest BCUT2D eigenvalue weighted by atomic mass is 35.5. The molecule has 0 spiro atoms. The first-order chi connectivity index (χ1) is 24.0. The second-order valence-corrected chi connectivity index (χ2v) is 14.2. The van der Waals surface area contributed by atoms with E-state index in [2.05, 4.69) is 37.5 Å². The smallest absolute Gasteiger partial charge is 0.407 e. The number of allylic oxidation sites excluding steroid dienone is 1. The van der Waals surface area contributed by atoms with Crippen molar-refractivity contribution in [1.82, 2.24) is 30.6 Å². The second kappa shape index (κ2) is 14.7. The molecule has 3 unspecified atom stereocenters. The lowest BCUT2D eigenvalue weighted by Gasteiger charge is -2.42. The summed E-state index contributed by atoms with van der Waals surface area (Å²) in [5, 5.41) is 19.3. The summed E-state index contributed by atoms with van der Waals surface area (Å²) in [5.74, 6) is -0.459. The maximum absolute atomic E-state index is 17.7. The summed E-state index contributed by atoms with van der Waals surface area (Å²) in [4.78, 5) is 25.7. The minimum atomic E-state index is -2.25. The van der Waals surface area contributed by atoms with Gasteiger partial charge in [-0.1, -0.05) is 11.6 Å². The van der Waals surface area contributed by atoms with E-state index in [0.29, 0.717) is 78.3 Å². The number of alkyl carbamates (subject to hydrolysis) is 1. The first-order valence-corrected chi connectivity index (χ1v) is 17.6. The van der Waals surface area contributed by atoms with E-state index in [-0.39, 0.29) is 55.3 Å². The van der Waals surface area contributed by atoms with Gasteiger partial charge in [0.25, 0.3) is 0 Å². The molecule has 264 valence electrons. The lowest BCUT2D eigenvalue weighted by Crippen LogP contribution is -2.53. The number of amides is 1. The molecule has 1 aliphatic carbocycles. The normalized spacial score (nSPS) is 28.1. The molecule has 3 atom stereocenters. The Labute approximate surface area is 298 Å². The van der Waals surface area contributed by atoms with Crippen LogP contribution in [0.5, 0.6) is 0 Å². The van der Waals surface area contributed by atoms with Gasteiger partial charge in [-0.2, -0.15) is 5.10 Å². The number of halogens is 3. The fourth-order valence-electron chi connectivity index (χ4n) is 7.86. The number of carbonyl (C=O) groups is 1. The van der Waals surface area contributed by atoms with Crippen molar-refractivity contribution in [3.05, 3.63) is 45.6 Å². The predicted octanol–water partition coefficient (Wildman–Crippen LogP) is 3.93. The summed E-state index contributed by atoms with van der Waals surface area (Å²) < 4.78 is 40.3. The number of aliphatic imine (C=N–C) groups is 2. The molecule has 1 amide bonds. The predicted molar refractivity (Wildman–Crippen MR) is 193 cm³/mol. The van der Waals surface area contributed by atoms with Crippen molar-refractivity contribution in [2.45, 2.75) is 67.9 Å². The average Bonchev–Trinajstić information content (AvgIpc) is 3.69. The monoisotopic (exact) mass is 706 g/mol. The minimum absolute atomic E-state index is 0.00855. The molecule has 1 saturated carbocycles. The van der Waals surface area contributed by atoms with Gasteiger partial charge in [-0.15, -0.1) is 0 Å². The third-order valence-corrected chi connectivity index (χ3v) is 10.8. The number of aliphatic hydroxyl groups excluding tert-OH is 1. The van der Waals surface area contributed by atoms with E-state index in [4.69, 9.17) is 37.1 Å². The first kappa shape index (κ1) is 36.4. The van der Waals surface area contributed by atoms with Crippen molar-refractivity contribution < 1.29 is 23.4 Å². The number of aromatic nitrogens is 2. The second-order valence-electron chi connectivity index (χ2n) is 13.8. The van der Waals surface area contributed by atoms with Gasteiger partial charge < -0.3 is 30.3 Å². The molecular formula is C34H43B2ClF2N8O3. The van der Waals surface area contributed by atoms with E-state index in [9.17, 15) is 4.79 Å². The number of aromatic amines is 1. The molecule has 11 nitrogen and oxygen atoms in total. The Morgan fingerprint density at radius 2 is 1.98 bits per heavy atom. The molecule has 16 heteroatoms. The van der Waals surface area contributed by atoms with E-state index in [0.717, 1.165) is 25.5 Å². The summed E-state index contributed by atoms with van der Waals surface area (Å²) in [6.45, 7) is 6.39. The number of ether oxygens (including phenoxy) is 1. The topological polar surface area (TPSA) is 130 Å². The number of H-pyrrole nitrogens is 1. The number of benzene rings is 1. The van der Waals surface area contributed by atoms with Gasteiger partial charge in [-0.05, 0) is 82.3 Å². The van der Waals surface area contributed by atoms with Crippen LogP contribution in [-0.4, -0.2) is 130 Å². The van der Waals surface area contributed by atoms with Crippen LogP contribution >= 0.6 is 11.6 Å². The summed E-state index contributed by atoms with van der Waals surface area (Å²) in [6, 6.07) is 1.54. The Bertz CT molecular complexity index is 1720. The van der Waals surface area contributed by atoms with E-state index >= 15 is 8.78 Å². The molecule has 3 fully saturated rings. The molecule has 6 aliphatic rings. The zero-order valence-corrected chi connectivity index (χ0v) is 29.3.